The molecule has 0 aliphatic rings. The fraction of sp³-hybridized carbons (Fsp3) is 0.250. The summed E-state index contributed by atoms with van der Waals surface area (Å²) < 4.78 is 37.0. The Balaban J connectivity index is 0.00000144. The summed E-state index contributed by atoms with van der Waals surface area (Å²) >= 11 is 3.12. The molecule has 74 valence electrons. The molecule has 0 aromatic heterocycles. The zero-order valence-corrected chi connectivity index (χ0v) is 8.27. The fourth-order valence-corrected chi connectivity index (χ4v) is 1.06. The zero-order valence-electron chi connectivity index (χ0n) is 6.68. The predicted octanol–water partition coefficient (Wildman–Crippen LogP) is 3.89. The van der Waals surface area contributed by atoms with Crippen LogP contribution in [0.4, 0.5) is 13.2 Å². The van der Waals surface area contributed by atoms with Gasteiger partial charge >= 0.3 is 0 Å². The van der Waals surface area contributed by atoms with Gasteiger partial charge in [0.25, 0.3) is 6.43 Å². The second kappa shape index (κ2) is 5.24. The van der Waals surface area contributed by atoms with Gasteiger partial charge in [-0.25, -0.2) is 13.2 Å². The van der Waals surface area contributed by atoms with Gasteiger partial charge < -0.3 is 6.15 Å². The second-order valence-corrected chi connectivity index (χ2v) is 3.20. The molecule has 3 N–H and O–H groups in total. The Morgan fingerprint density at radius 1 is 1.00 bits per heavy atom. The highest BCUT2D eigenvalue weighted by molar-refractivity contribution is 9.10. The van der Waals surface area contributed by atoms with Gasteiger partial charge in [0.15, 0.2) is 6.17 Å². The lowest BCUT2D eigenvalue weighted by atomic mass is 10.1. The predicted molar refractivity (Wildman–Crippen MR) is 49.0 cm³/mol. The molecule has 1 rings (SSSR count). The van der Waals surface area contributed by atoms with E-state index in [-0.39, 0.29) is 11.7 Å². The number of hydrogen-bond acceptors (Lipinski definition) is 1. The molecule has 0 spiro atoms. The van der Waals surface area contributed by atoms with Crippen molar-refractivity contribution in [2.75, 3.05) is 0 Å². The molecule has 0 bridgehead atoms. The van der Waals surface area contributed by atoms with Crippen LogP contribution in [0.1, 0.15) is 11.7 Å². The molecule has 0 saturated carbocycles. The minimum absolute atomic E-state index is 0. The topological polar surface area (TPSA) is 35.0 Å². The third-order valence-electron chi connectivity index (χ3n) is 1.41. The highest BCUT2D eigenvalue weighted by Crippen LogP contribution is 2.25. The van der Waals surface area contributed by atoms with Gasteiger partial charge in [-0.3, -0.25) is 0 Å². The van der Waals surface area contributed by atoms with Gasteiger partial charge in [0.2, 0.25) is 0 Å². The van der Waals surface area contributed by atoms with E-state index in [0.29, 0.717) is 0 Å². The first-order chi connectivity index (χ1) is 5.61. The Morgan fingerprint density at radius 3 is 1.85 bits per heavy atom. The Labute approximate surface area is 82.7 Å². The van der Waals surface area contributed by atoms with Crippen molar-refractivity contribution in [1.82, 2.24) is 6.15 Å². The van der Waals surface area contributed by atoms with Crippen LogP contribution in [-0.2, 0) is 0 Å². The molecule has 0 unspecified atom stereocenters. The van der Waals surface area contributed by atoms with Crippen molar-refractivity contribution in [3.05, 3.63) is 34.3 Å². The molecule has 0 amide bonds. The Kier molecular flexibility index (Phi) is 5.02. The second-order valence-electron chi connectivity index (χ2n) is 2.29. The summed E-state index contributed by atoms with van der Waals surface area (Å²) in [6.45, 7) is 0. The van der Waals surface area contributed by atoms with Gasteiger partial charge in [0.05, 0.1) is 0 Å². The maximum atomic E-state index is 12.6. The monoisotopic (exact) mass is 255 g/mol. The van der Waals surface area contributed by atoms with Crippen molar-refractivity contribution in [3.63, 3.8) is 0 Å². The summed E-state index contributed by atoms with van der Waals surface area (Å²) in [5.41, 5.74) is 0.00759. The van der Waals surface area contributed by atoms with E-state index in [0.717, 1.165) is 4.47 Å². The minimum Gasteiger partial charge on any atom is -0.344 e. The summed E-state index contributed by atoms with van der Waals surface area (Å²) in [6, 6.07) is 5.73. The minimum atomic E-state index is -2.95. The van der Waals surface area contributed by atoms with Crippen LogP contribution >= 0.6 is 15.9 Å². The maximum Gasteiger partial charge on any atom is 0.273 e. The van der Waals surface area contributed by atoms with E-state index in [9.17, 15) is 13.2 Å². The van der Waals surface area contributed by atoms with Crippen LogP contribution in [0, 0.1) is 0 Å². The van der Waals surface area contributed by atoms with E-state index in [1.165, 1.54) is 24.3 Å². The van der Waals surface area contributed by atoms with Crippen molar-refractivity contribution in [2.45, 2.75) is 12.6 Å². The first kappa shape index (κ1) is 12.4. The number of rotatable bonds is 2. The van der Waals surface area contributed by atoms with Crippen molar-refractivity contribution in [1.29, 1.82) is 0 Å². The normalized spacial score (nSPS) is 12.4. The van der Waals surface area contributed by atoms with Gasteiger partial charge in [-0.05, 0) is 17.7 Å². The summed E-state index contributed by atoms with van der Waals surface area (Å²) in [4.78, 5) is 0. The number of benzene rings is 1. The summed E-state index contributed by atoms with van der Waals surface area (Å²) in [6.07, 6.45) is -5.13. The first-order valence-electron chi connectivity index (χ1n) is 3.29. The van der Waals surface area contributed by atoms with Crippen LogP contribution < -0.4 is 6.15 Å². The molecule has 0 saturated heterocycles. The van der Waals surface area contributed by atoms with E-state index in [2.05, 4.69) is 15.9 Å². The van der Waals surface area contributed by atoms with Gasteiger partial charge in [-0.1, -0.05) is 28.1 Å². The molecule has 0 heterocycles. The van der Waals surface area contributed by atoms with E-state index >= 15 is 0 Å². The quantitative estimate of drug-likeness (QED) is 0.855. The lowest BCUT2D eigenvalue weighted by Crippen LogP contribution is -2.02. The van der Waals surface area contributed by atoms with Gasteiger partial charge in [0, 0.05) is 4.47 Å². The molecule has 1 atom stereocenters. The summed E-state index contributed by atoms with van der Waals surface area (Å²) in [7, 11) is 0. The number of alkyl halides is 3. The third kappa shape index (κ3) is 3.36. The number of hydrogen-bond donors (Lipinski definition) is 1. The lowest BCUT2D eigenvalue weighted by Gasteiger charge is -2.06. The van der Waals surface area contributed by atoms with E-state index in [1.54, 1.807) is 0 Å². The average Bonchev–Trinajstić information content (AvgIpc) is 2.04. The summed E-state index contributed by atoms with van der Waals surface area (Å²) in [5.74, 6) is 0. The molecular formula is C8H9BrF3N. The average molecular weight is 256 g/mol. The smallest absolute Gasteiger partial charge is 0.273 e. The molecule has 0 aliphatic heterocycles. The zero-order chi connectivity index (χ0) is 9.14. The lowest BCUT2D eigenvalue weighted by molar-refractivity contribution is 0.0495. The highest BCUT2D eigenvalue weighted by atomic mass is 79.9. The van der Waals surface area contributed by atoms with Crippen LogP contribution in [0.2, 0.25) is 0 Å². The molecule has 1 aromatic carbocycles. The van der Waals surface area contributed by atoms with Crippen LogP contribution in [0.25, 0.3) is 0 Å². The van der Waals surface area contributed by atoms with Crippen LogP contribution in [0.15, 0.2) is 28.7 Å². The molecule has 1 nitrogen and oxygen atoms in total. The Bertz CT molecular complexity index is 250. The molecule has 13 heavy (non-hydrogen) atoms. The Hall–Kier alpha value is -0.550. The Morgan fingerprint density at radius 2 is 1.46 bits per heavy atom. The molecule has 1 aromatic rings. The van der Waals surface area contributed by atoms with E-state index in [4.69, 9.17) is 0 Å². The van der Waals surface area contributed by atoms with Crippen molar-refractivity contribution >= 4 is 15.9 Å². The molecule has 5 heteroatoms. The standard InChI is InChI=1S/C8H6BrF3.H3N/c9-6-3-1-5(2-4-6)7(10)8(11)12;/h1-4,7-8H;1H3/t7-;/m0./s1. The van der Waals surface area contributed by atoms with Gasteiger partial charge in [0.1, 0.15) is 0 Å². The van der Waals surface area contributed by atoms with Gasteiger partial charge in [-0.2, -0.15) is 0 Å². The van der Waals surface area contributed by atoms with Gasteiger partial charge in [-0.15, -0.1) is 0 Å². The SMILES string of the molecule is FC(F)[C@@H](F)c1ccc(Br)cc1.N. The molecule has 0 fully saturated rings. The maximum absolute atomic E-state index is 12.6. The molecule has 0 radical (unpaired) electrons. The third-order valence-corrected chi connectivity index (χ3v) is 1.94. The van der Waals surface area contributed by atoms with Crippen molar-refractivity contribution in [2.24, 2.45) is 0 Å². The fourth-order valence-electron chi connectivity index (χ4n) is 0.792. The largest absolute Gasteiger partial charge is 0.344 e. The van der Waals surface area contributed by atoms with Crippen molar-refractivity contribution in [3.8, 4) is 0 Å². The van der Waals surface area contributed by atoms with Crippen LogP contribution in [0.3, 0.4) is 0 Å². The van der Waals surface area contributed by atoms with Crippen molar-refractivity contribution < 1.29 is 13.2 Å². The van der Waals surface area contributed by atoms with E-state index < -0.39 is 12.6 Å². The first-order valence-corrected chi connectivity index (χ1v) is 4.08. The molecular weight excluding hydrogens is 247 g/mol. The highest BCUT2D eigenvalue weighted by Gasteiger charge is 2.20. The summed E-state index contributed by atoms with van der Waals surface area (Å²) in [5, 5.41) is 0. The van der Waals surface area contributed by atoms with Crippen LogP contribution in [-0.4, -0.2) is 6.43 Å². The van der Waals surface area contributed by atoms with Crippen LogP contribution in [0.5, 0.6) is 0 Å². The number of halogens is 4. The van der Waals surface area contributed by atoms with E-state index in [1.807, 2.05) is 0 Å². The molecule has 0 aliphatic carbocycles.